The molecule has 2 aromatic rings. The van der Waals surface area contributed by atoms with Crippen LogP contribution in [0.1, 0.15) is 5.69 Å². The van der Waals surface area contributed by atoms with E-state index >= 15 is 0 Å². The smallest absolute Gasteiger partial charge is 0.197 e. The number of hydrogen-bond acceptors (Lipinski definition) is 4. The standard InChI is InChI=1S/C8H8N2OS/c1-6-5-8(12-10-6)9-7-3-2-4-11-7/h2-5,9H,1H3. The molecule has 0 aliphatic heterocycles. The van der Waals surface area contributed by atoms with Gasteiger partial charge in [-0.1, -0.05) is 0 Å². The van der Waals surface area contributed by atoms with E-state index in [2.05, 4.69) is 9.69 Å². The van der Waals surface area contributed by atoms with E-state index in [0.717, 1.165) is 16.6 Å². The van der Waals surface area contributed by atoms with E-state index < -0.39 is 0 Å². The number of rotatable bonds is 2. The van der Waals surface area contributed by atoms with Crippen LogP contribution in [0.25, 0.3) is 0 Å². The van der Waals surface area contributed by atoms with Gasteiger partial charge in [-0.25, -0.2) is 0 Å². The van der Waals surface area contributed by atoms with E-state index in [1.165, 1.54) is 11.5 Å². The first-order valence-corrected chi connectivity index (χ1v) is 4.36. The zero-order valence-corrected chi connectivity index (χ0v) is 7.39. The zero-order valence-electron chi connectivity index (χ0n) is 6.57. The fraction of sp³-hybridized carbons (Fsp3) is 0.125. The number of furan rings is 1. The molecule has 0 atom stereocenters. The number of aryl methyl sites for hydroxylation is 1. The lowest BCUT2D eigenvalue weighted by Gasteiger charge is -1.94. The van der Waals surface area contributed by atoms with Crippen molar-refractivity contribution in [3.8, 4) is 0 Å². The van der Waals surface area contributed by atoms with E-state index in [9.17, 15) is 0 Å². The highest BCUT2D eigenvalue weighted by Gasteiger charge is 1.99. The van der Waals surface area contributed by atoms with Gasteiger partial charge in [-0.2, -0.15) is 4.37 Å². The molecule has 0 aliphatic rings. The fourth-order valence-electron chi connectivity index (χ4n) is 0.894. The molecule has 0 radical (unpaired) electrons. The quantitative estimate of drug-likeness (QED) is 0.772. The van der Waals surface area contributed by atoms with Gasteiger partial charge in [-0.3, -0.25) is 0 Å². The molecule has 0 saturated heterocycles. The molecule has 4 heteroatoms. The van der Waals surface area contributed by atoms with Crippen LogP contribution in [0, 0.1) is 6.92 Å². The molecule has 0 fully saturated rings. The Morgan fingerprint density at radius 3 is 3.08 bits per heavy atom. The monoisotopic (exact) mass is 180 g/mol. The van der Waals surface area contributed by atoms with Crippen LogP contribution in [0.5, 0.6) is 0 Å². The summed E-state index contributed by atoms with van der Waals surface area (Å²) in [5.74, 6) is 0.749. The highest BCUT2D eigenvalue weighted by molar-refractivity contribution is 7.10. The first kappa shape index (κ1) is 7.36. The normalized spacial score (nSPS) is 10.1. The number of nitrogens with one attached hydrogen (secondary N) is 1. The van der Waals surface area contributed by atoms with E-state index in [1.807, 2.05) is 25.1 Å². The third-order valence-corrected chi connectivity index (χ3v) is 2.19. The SMILES string of the molecule is Cc1cc(Nc2ccco2)sn1. The summed E-state index contributed by atoms with van der Waals surface area (Å²) < 4.78 is 9.25. The topological polar surface area (TPSA) is 38.1 Å². The molecule has 0 aromatic carbocycles. The minimum Gasteiger partial charge on any atom is -0.449 e. The number of aromatic nitrogens is 1. The molecule has 0 saturated carbocycles. The van der Waals surface area contributed by atoms with Crippen molar-refractivity contribution >= 4 is 22.4 Å². The molecule has 62 valence electrons. The molecule has 2 rings (SSSR count). The molecule has 0 bridgehead atoms. The molecule has 2 aromatic heterocycles. The van der Waals surface area contributed by atoms with Crippen molar-refractivity contribution in [2.45, 2.75) is 6.92 Å². The Balaban J connectivity index is 2.14. The van der Waals surface area contributed by atoms with Crippen LogP contribution >= 0.6 is 11.5 Å². The molecule has 1 N–H and O–H groups in total. The van der Waals surface area contributed by atoms with Gasteiger partial charge in [0.25, 0.3) is 0 Å². The Bertz CT molecular complexity index is 353. The average Bonchev–Trinajstić information content (AvgIpc) is 2.63. The van der Waals surface area contributed by atoms with Gasteiger partial charge in [0.15, 0.2) is 5.88 Å². The van der Waals surface area contributed by atoms with Gasteiger partial charge in [0, 0.05) is 6.07 Å². The van der Waals surface area contributed by atoms with Crippen LogP contribution in [0.4, 0.5) is 10.9 Å². The van der Waals surface area contributed by atoms with E-state index in [-0.39, 0.29) is 0 Å². The second-order valence-corrected chi connectivity index (χ2v) is 3.24. The second-order valence-electron chi connectivity index (χ2n) is 2.43. The van der Waals surface area contributed by atoms with Crippen LogP contribution in [-0.2, 0) is 0 Å². The maximum Gasteiger partial charge on any atom is 0.197 e. The Morgan fingerprint density at radius 1 is 1.58 bits per heavy atom. The third kappa shape index (κ3) is 1.48. The molecule has 0 unspecified atom stereocenters. The van der Waals surface area contributed by atoms with Gasteiger partial charge >= 0.3 is 0 Å². The molecular formula is C8H8N2OS. The Kier molecular flexibility index (Phi) is 1.83. The van der Waals surface area contributed by atoms with Gasteiger partial charge in [-0.15, -0.1) is 0 Å². The summed E-state index contributed by atoms with van der Waals surface area (Å²) in [7, 11) is 0. The lowest BCUT2D eigenvalue weighted by atomic mass is 10.5. The van der Waals surface area contributed by atoms with E-state index in [0.29, 0.717) is 0 Å². The van der Waals surface area contributed by atoms with Crippen LogP contribution in [-0.4, -0.2) is 4.37 Å². The van der Waals surface area contributed by atoms with Crippen LogP contribution in [0.2, 0.25) is 0 Å². The van der Waals surface area contributed by atoms with Crippen molar-refractivity contribution in [3.05, 3.63) is 30.2 Å². The van der Waals surface area contributed by atoms with Gasteiger partial charge in [0.2, 0.25) is 0 Å². The summed E-state index contributed by atoms with van der Waals surface area (Å²) in [5.41, 5.74) is 1.02. The van der Waals surface area contributed by atoms with E-state index in [4.69, 9.17) is 4.42 Å². The Labute approximate surface area is 74.2 Å². The lowest BCUT2D eigenvalue weighted by molar-refractivity contribution is 0.585. The summed E-state index contributed by atoms with van der Waals surface area (Å²) >= 11 is 1.43. The van der Waals surface area contributed by atoms with Gasteiger partial charge in [-0.05, 0) is 30.6 Å². The predicted octanol–water partition coefficient (Wildman–Crippen LogP) is 2.79. The van der Waals surface area contributed by atoms with Gasteiger partial charge < -0.3 is 9.73 Å². The van der Waals surface area contributed by atoms with Crippen LogP contribution < -0.4 is 5.32 Å². The first-order valence-electron chi connectivity index (χ1n) is 3.58. The molecule has 0 amide bonds. The van der Waals surface area contributed by atoms with Crippen molar-refractivity contribution in [1.29, 1.82) is 0 Å². The fourth-order valence-corrected chi connectivity index (χ4v) is 1.56. The van der Waals surface area contributed by atoms with Crippen molar-refractivity contribution in [3.63, 3.8) is 0 Å². The lowest BCUT2D eigenvalue weighted by Crippen LogP contribution is -1.82. The first-order chi connectivity index (χ1) is 5.84. The molecular weight excluding hydrogens is 172 g/mol. The highest BCUT2D eigenvalue weighted by atomic mass is 32.1. The number of hydrogen-bond donors (Lipinski definition) is 1. The number of anilines is 2. The molecule has 2 heterocycles. The maximum absolute atomic E-state index is 5.11. The summed E-state index contributed by atoms with van der Waals surface area (Å²) in [6.45, 7) is 1.96. The average molecular weight is 180 g/mol. The predicted molar refractivity (Wildman–Crippen MR) is 48.8 cm³/mol. The Hall–Kier alpha value is -1.29. The van der Waals surface area contributed by atoms with Crippen molar-refractivity contribution < 1.29 is 4.42 Å². The maximum atomic E-state index is 5.11. The minimum atomic E-state index is 0.749. The van der Waals surface area contributed by atoms with Crippen LogP contribution in [0.3, 0.4) is 0 Å². The zero-order chi connectivity index (χ0) is 8.39. The van der Waals surface area contributed by atoms with Crippen molar-refractivity contribution in [1.82, 2.24) is 4.37 Å². The largest absolute Gasteiger partial charge is 0.449 e. The van der Waals surface area contributed by atoms with Crippen molar-refractivity contribution in [2.75, 3.05) is 5.32 Å². The van der Waals surface area contributed by atoms with Crippen LogP contribution in [0.15, 0.2) is 28.9 Å². The van der Waals surface area contributed by atoms with E-state index in [1.54, 1.807) is 6.26 Å². The Morgan fingerprint density at radius 2 is 2.50 bits per heavy atom. The molecule has 3 nitrogen and oxygen atoms in total. The van der Waals surface area contributed by atoms with Gasteiger partial charge in [0.1, 0.15) is 5.00 Å². The molecule has 12 heavy (non-hydrogen) atoms. The van der Waals surface area contributed by atoms with Crippen molar-refractivity contribution in [2.24, 2.45) is 0 Å². The molecule has 0 spiro atoms. The summed E-state index contributed by atoms with van der Waals surface area (Å²) in [6.07, 6.45) is 1.64. The van der Waals surface area contributed by atoms with Gasteiger partial charge in [0.05, 0.1) is 12.0 Å². The second kappa shape index (κ2) is 2.98. The number of nitrogens with zero attached hydrogens (tertiary/aromatic N) is 1. The summed E-state index contributed by atoms with van der Waals surface area (Å²) in [6, 6.07) is 5.69. The third-order valence-electron chi connectivity index (χ3n) is 1.40. The molecule has 0 aliphatic carbocycles. The summed E-state index contributed by atoms with van der Waals surface area (Å²) in [4.78, 5) is 0. The summed E-state index contributed by atoms with van der Waals surface area (Å²) in [5, 5.41) is 4.10. The minimum absolute atomic E-state index is 0.749. The highest BCUT2D eigenvalue weighted by Crippen LogP contribution is 2.21.